The number of amides is 1. The number of hydrogen-bond donors (Lipinski definition) is 2. The quantitative estimate of drug-likeness (QED) is 0.263. The number of nitrogens with zero attached hydrogens (tertiary/aromatic N) is 1. The molecule has 8 heteroatoms. The summed E-state index contributed by atoms with van der Waals surface area (Å²) in [6.45, 7) is 15.0. The second-order valence-corrected chi connectivity index (χ2v) is 19.6. The number of carboxylic acids is 1. The zero-order chi connectivity index (χ0) is 34.0. The van der Waals surface area contributed by atoms with Crippen molar-refractivity contribution in [2.24, 2.45) is 45.8 Å². The average Bonchev–Trinajstić information content (AvgIpc) is 3.58. The lowest BCUT2D eigenvalue weighted by molar-refractivity contribution is -0.212. The van der Waals surface area contributed by atoms with Crippen LogP contribution in [0.15, 0.2) is 23.3 Å². The Morgan fingerprint density at radius 1 is 0.979 bits per heavy atom. The monoisotopic (exact) mass is 670 g/mol. The first-order chi connectivity index (χ1) is 22.2. The third-order valence-corrected chi connectivity index (χ3v) is 17.8. The smallest absolute Gasteiger partial charge is 0.303 e. The van der Waals surface area contributed by atoms with Crippen LogP contribution in [0.25, 0.3) is 0 Å². The van der Waals surface area contributed by atoms with Gasteiger partial charge < -0.3 is 15.3 Å². The van der Waals surface area contributed by atoms with E-state index in [1.54, 1.807) is 4.90 Å². The van der Waals surface area contributed by atoms with Crippen molar-refractivity contribution in [1.29, 1.82) is 0 Å². The normalized spacial score (nSPS) is 44.2. The Labute approximate surface area is 284 Å². The van der Waals surface area contributed by atoms with Crippen LogP contribution >= 0.6 is 0 Å². The van der Waals surface area contributed by atoms with Gasteiger partial charge in [0.2, 0.25) is 5.91 Å². The molecule has 4 saturated carbocycles. The van der Waals surface area contributed by atoms with E-state index in [1.165, 1.54) is 56.1 Å². The first-order valence-corrected chi connectivity index (χ1v) is 20.7. The molecular weight excluding hydrogens is 609 g/mol. The number of sulfone groups is 1. The van der Waals surface area contributed by atoms with E-state index in [2.05, 4.69) is 52.1 Å². The van der Waals surface area contributed by atoms with E-state index >= 15 is 0 Å². The Bertz CT molecular complexity index is 1420. The molecule has 1 amide bonds. The summed E-state index contributed by atoms with van der Waals surface area (Å²) in [4.78, 5) is 26.4. The number of carbonyl (C=O) groups excluding carboxylic acids is 1. The highest BCUT2D eigenvalue weighted by Gasteiger charge is 2.68. The molecule has 5 fully saturated rings. The van der Waals surface area contributed by atoms with Crippen molar-refractivity contribution in [3.63, 3.8) is 0 Å². The minimum atomic E-state index is -3.22. The van der Waals surface area contributed by atoms with Gasteiger partial charge in [-0.3, -0.25) is 9.59 Å². The highest BCUT2D eigenvalue weighted by atomic mass is 32.2. The van der Waals surface area contributed by atoms with Crippen LogP contribution < -0.4 is 5.32 Å². The summed E-state index contributed by atoms with van der Waals surface area (Å²) in [5.74, 6) is 2.04. The van der Waals surface area contributed by atoms with Gasteiger partial charge in [-0.15, -0.1) is 0 Å². The van der Waals surface area contributed by atoms with Gasteiger partial charge in [0.1, 0.15) is 5.88 Å². The molecule has 1 heterocycles. The fraction of sp³-hybridized carbons (Fsp3) is 0.846. The maximum Gasteiger partial charge on any atom is 0.303 e. The van der Waals surface area contributed by atoms with Gasteiger partial charge in [0.15, 0.2) is 9.84 Å². The molecule has 0 aromatic rings. The van der Waals surface area contributed by atoms with Crippen LogP contribution in [0.5, 0.6) is 0 Å². The second-order valence-electron chi connectivity index (χ2n) is 17.4. The maximum absolute atomic E-state index is 13.3. The van der Waals surface area contributed by atoms with Crippen molar-refractivity contribution in [2.75, 3.05) is 19.0 Å². The summed E-state index contributed by atoms with van der Waals surface area (Å²) >= 11 is 0. The molecule has 47 heavy (non-hydrogen) atoms. The summed E-state index contributed by atoms with van der Waals surface area (Å²) in [5.41, 5.74) is 3.44. The van der Waals surface area contributed by atoms with Gasteiger partial charge in [0.25, 0.3) is 0 Å². The highest BCUT2D eigenvalue weighted by molar-refractivity contribution is 7.92. The van der Waals surface area contributed by atoms with E-state index in [0.29, 0.717) is 49.0 Å². The Hall–Kier alpha value is -1.67. The SMILES string of the molecule is CC/C=C(\CCC(=O)O)C1=CCC2(C)C(CCC3(C)C2CCC2C4CCCC4(NCC(=O)N4CC(CC)S(=O)(=O)C4)CC[C@]23C)C1C. The Morgan fingerprint density at radius 2 is 1.74 bits per heavy atom. The van der Waals surface area contributed by atoms with E-state index in [1.807, 2.05) is 6.92 Å². The van der Waals surface area contributed by atoms with E-state index in [9.17, 15) is 23.1 Å². The average molecular weight is 671 g/mol. The molecule has 0 bridgehead atoms. The Kier molecular flexibility index (Phi) is 9.41. The van der Waals surface area contributed by atoms with Crippen LogP contribution in [0.4, 0.5) is 0 Å². The van der Waals surface area contributed by atoms with E-state index in [4.69, 9.17) is 0 Å². The molecule has 0 aromatic heterocycles. The summed E-state index contributed by atoms with van der Waals surface area (Å²) < 4.78 is 25.1. The summed E-state index contributed by atoms with van der Waals surface area (Å²) in [5, 5.41) is 12.8. The molecule has 0 aromatic carbocycles. The van der Waals surface area contributed by atoms with Crippen LogP contribution in [0.3, 0.4) is 0 Å². The molecule has 264 valence electrons. The van der Waals surface area contributed by atoms with Gasteiger partial charge in [0, 0.05) is 18.5 Å². The minimum absolute atomic E-state index is 0.0121. The van der Waals surface area contributed by atoms with Crippen molar-refractivity contribution in [3.05, 3.63) is 23.3 Å². The minimum Gasteiger partial charge on any atom is -0.481 e. The van der Waals surface area contributed by atoms with Crippen molar-refractivity contribution >= 4 is 21.7 Å². The molecule has 10 atom stereocenters. The molecule has 0 radical (unpaired) electrons. The number of nitrogens with one attached hydrogen (secondary N) is 1. The fourth-order valence-electron chi connectivity index (χ4n) is 13.0. The first-order valence-electron chi connectivity index (χ1n) is 19.0. The lowest BCUT2D eigenvalue weighted by Gasteiger charge is -2.71. The Balaban J connectivity index is 1.20. The highest BCUT2D eigenvalue weighted by Crippen LogP contribution is 2.75. The number of allylic oxidation sites excluding steroid dienone is 4. The number of carbonyl (C=O) groups is 2. The number of hydrogen-bond acceptors (Lipinski definition) is 5. The van der Waals surface area contributed by atoms with Gasteiger partial charge in [-0.05, 0) is 134 Å². The van der Waals surface area contributed by atoms with Crippen molar-refractivity contribution < 1.29 is 23.1 Å². The predicted molar refractivity (Wildman–Crippen MR) is 187 cm³/mol. The molecule has 2 N–H and O–H groups in total. The van der Waals surface area contributed by atoms with Gasteiger partial charge in [-0.25, -0.2) is 8.42 Å². The van der Waals surface area contributed by atoms with Crippen molar-refractivity contribution in [2.45, 2.75) is 142 Å². The number of carboxylic acid groups (broad SMARTS) is 1. The molecule has 0 spiro atoms. The summed E-state index contributed by atoms with van der Waals surface area (Å²) in [6.07, 6.45) is 19.1. The largest absolute Gasteiger partial charge is 0.481 e. The molecule has 6 aliphatic rings. The molecular formula is C39H62N2O5S. The van der Waals surface area contributed by atoms with Gasteiger partial charge in [0.05, 0.1) is 11.8 Å². The van der Waals surface area contributed by atoms with Gasteiger partial charge >= 0.3 is 5.97 Å². The summed E-state index contributed by atoms with van der Waals surface area (Å²) in [7, 11) is -3.22. The summed E-state index contributed by atoms with van der Waals surface area (Å²) in [6, 6.07) is 0. The van der Waals surface area contributed by atoms with Crippen LogP contribution in [0.1, 0.15) is 131 Å². The van der Waals surface area contributed by atoms with E-state index in [0.717, 1.165) is 25.7 Å². The first kappa shape index (κ1) is 35.2. The number of fused-ring (bicyclic) bond motifs is 7. The van der Waals surface area contributed by atoms with Crippen LogP contribution in [0.2, 0.25) is 0 Å². The molecule has 1 saturated heterocycles. The Morgan fingerprint density at radius 3 is 2.43 bits per heavy atom. The predicted octanol–water partition coefficient (Wildman–Crippen LogP) is 7.52. The van der Waals surface area contributed by atoms with E-state index in [-0.39, 0.29) is 46.5 Å². The lowest BCUT2D eigenvalue weighted by Crippen LogP contribution is -2.67. The molecule has 1 aliphatic heterocycles. The zero-order valence-corrected chi connectivity index (χ0v) is 30.9. The van der Waals surface area contributed by atoms with Crippen molar-refractivity contribution in [3.8, 4) is 0 Å². The van der Waals surface area contributed by atoms with Crippen LogP contribution in [0, 0.1) is 45.8 Å². The lowest BCUT2D eigenvalue weighted by atomic mass is 9.34. The third kappa shape index (κ3) is 5.58. The standard InChI is InChI=1S/C39H62N2O5S/c1-7-10-27(12-15-35(43)44)29-16-19-36(4)30(26(29)3)17-20-38(6)33(36)14-13-31-32-11-9-18-39(32,22-21-37(31,38)5)40-23-34(42)41-24-28(8-2)47(45,46)25-41/h10,16,26,28,30-33,40H,7-9,11-15,17-25H2,1-6H3,(H,43,44)/b27-10+/t26?,28?,30?,31?,32?,33?,36?,37-,38?,39?/m1/s1. The number of rotatable bonds is 9. The third-order valence-electron chi connectivity index (χ3n) is 15.7. The van der Waals surface area contributed by atoms with Gasteiger partial charge in [-0.2, -0.15) is 0 Å². The number of aliphatic carboxylic acids is 1. The molecule has 5 aliphatic carbocycles. The maximum atomic E-state index is 13.3. The van der Waals surface area contributed by atoms with E-state index < -0.39 is 21.1 Å². The molecule has 6 rings (SSSR count). The molecule has 9 unspecified atom stereocenters. The second kappa shape index (κ2) is 12.6. The van der Waals surface area contributed by atoms with Crippen LogP contribution in [-0.2, 0) is 19.4 Å². The van der Waals surface area contributed by atoms with Gasteiger partial charge in [-0.1, -0.05) is 60.1 Å². The fourth-order valence-corrected chi connectivity index (χ4v) is 14.9. The van der Waals surface area contributed by atoms with Crippen LogP contribution in [-0.4, -0.2) is 60.1 Å². The molecule has 7 nitrogen and oxygen atoms in total. The topological polar surface area (TPSA) is 104 Å². The van der Waals surface area contributed by atoms with Crippen molar-refractivity contribution in [1.82, 2.24) is 10.2 Å². The zero-order valence-electron chi connectivity index (χ0n) is 30.1.